The molecule has 0 amide bonds. The van der Waals surface area contributed by atoms with Gasteiger partial charge < -0.3 is 9.47 Å². The highest BCUT2D eigenvalue weighted by molar-refractivity contribution is 6.01. The molecule has 0 saturated heterocycles. The fourth-order valence-corrected chi connectivity index (χ4v) is 3.31. The first-order valence-corrected chi connectivity index (χ1v) is 8.14. The third-order valence-electron chi connectivity index (χ3n) is 4.45. The van der Waals surface area contributed by atoms with Crippen LogP contribution < -0.4 is 0 Å². The molecule has 0 fully saturated rings. The van der Waals surface area contributed by atoms with Crippen molar-refractivity contribution in [1.29, 1.82) is 0 Å². The Labute approximate surface area is 145 Å². The van der Waals surface area contributed by atoms with E-state index in [9.17, 15) is 19.7 Å². The fourth-order valence-electron chi connectivity index (χ4n) is 3.31. The maximum absolute atomic E-state index is 12.7. The van der Waals surface area contributed by atoms with Crippen molar-refractivity contribution in [2.45, 2.75) is 32.6 Å². The van der Waals surface area contributed by atoms with Crippen LogP contribution in [0.1, 0.15) is 37.3 Å². The predicted octanol–water partition coefficient (Wildman–Crippen LogP) is 2.92. The fraction of sp³-hybridized carbons (Fsp3) is 0.444. The first-order chi connectivity index (χ1) is 11.9. The number of nitrogens with zero attached hydrogens (tertiary/aromatic N) is 1. The van der Waals surface area contributed by atoms with Gasteiger partial charge in [-0.15, -0.1) is 6.58 Å². The van der Waals surface area contributed by atoms with E-state index in [-0.39, 0.29) is 31.7 Å². The van der Waals surface area contributed by atoms with Crippen LogP contribution in [0, 0.1) is 15.5 Å². The van der Waals surface area contributed by atoms with Crippen molar-refractivity contribution >= 4 is 17.6 Å². The van der Waals surface area contributed by atoms with E-state index in [1.165, 1.54) is 6.07 Å². The minimum Gasteiger partial charge on any atom is -0.465 e. The van der Waals surface area contributed by atoms with E-state index in [2.05, 4.69) is 6.58 Å². The number of hydrogen-bond acceptors (Lipinski definition) is 6. The number of benzene rings is 1. The molecule has 0 N–H and O–H groups in total. The van der Waals surface area contributed by atoms with Gasteiger partial charge in [0, 0.05) is 24.0 Å². The summed E-state index contributed by atoms with van der Waals surface area (Å²) in [6, 6.07) is 4.72. The second-order valence-corrected chi connectivity index (χ2v) is 5.85. The molecule has 0 aromatic heterocycles. The van der Waals surface area contributed by atoms with Crippen molar-refractivity contribution in [1.82, 2.24) is 0 Å². The minimum atomic E-state index is -1.61. The van der Waals surface area contributed by atoms with Crippen molar-refractivity contribution in [3.63, 3.8) is 0 Å². The van der Waals surface area contributed by atoms with Crippen LogP contribution in [0.5, 0.6) is 0 Å². The molecular formula is C18H21NO6. The highest BCUT2D eigenvalue weighted by Gasteiger charge is 2.54. The number of allylic oxidation sites excluding steroid dienone is 1. The maximum Gasteiger partial charge on any atom is 0.323 e. The van der Waals surface area contributed by atoms with E-state index in [0.29, 0.717) is 11.1 Å². The van der Waals surface area contributed by atoms with E-state index in [1.54, 1.807) is 32.1 Å². The summed E-state index contributed by atoms with van der Waals surface area (Å²) in [5, 5.41) is 11.4. The molecule has 1 aliphatic carbocycles. The van der Waals surface area contributed by atoms with Crippen LogP contribution in [0.4, 0.5) is 5.69 Å². The van der Waals surface area contributed by atoms with Gasteiger partial charge in [-0.05, 0) is 25.8 Å². The van der Waals surface area contributed by atoms with Gasteiger partial charge in [0.1, 0.15) is 0 Å². The molecule has 1 unspecified atom stereocenters. The Morgan fingerprint density at radius 2 is 1.92 bits per heavy atom. The van der Waals surface area contributed by atoms with Gasteiger partial charge in [0.25, 0.3) is 5.69 Å². The lowest BCUT2D eigenvalue weighted by Gasteiger charge is -2.36. The van der Waals surface area contributed by atoms with Crippen LogP contribution >= 0.6 is 0 Å². The molecule has 0 radical (unpaired) electrons. The topological polar surface area (TPSA) is 95.7 Å². The standard InChI is InChI=1S/C18H21NO6/c1-4-12-10-18(16(20)24-5-2,17(21)25-6-3)11-14-13(12)8-7-9-15(14)19(22)23/h4,7-9,12H,1,5-6,10-11H2,2-3H3. The zero-order valence-corrected chi connectivity index (χ0v) is 14.3. The number of nitro benzene ring substituents is 1. The van der Waals surface area contributed by atoms with Crippen molar-refractivity contribution in [2.24, 2.45) is 5.41 Å². The Kier molecular flexibility index (Phi) is 5.56. The van der Waals surface area contributed by atoms with Crippen LogP contribution in [0.2, 0.25) is 0 Å². The van der Waals surface area contributed by atoms with Gasteiger partial charge >= 0.3 is 11.9 Å². The Morgan fingerprint density at radius 3 is 2.40 bits per heavy atom. The molecule has 1 aromatic carbocycles. The Morgan fingerprint density at radius 1 is 1.32 bits per heavy atom. The first-order valence-electron chi connectivity index (χ1n) is 8.14. The molecule has 2 rings (SSSR count). The lowest BCUT2D eigenvalue weighted by atomic mass is 9.66. The number of ether oxygens (including phenoxy) is 2. The van der Waals surface area contributed by atoms with Crippen LogP contribution in [0.15, 0.2) is 30.9 Å². The van der Waals surface area contributed by atoms with Crippen molar-refractivity contribution in [3.8, 4) is 0 Å². The molecule has 0 saturated carbocycles. The Hall–Kier alpha value is -2.70. The van der Waals surface area contributed by atoms with E-state index in [1.807, 2.05) is 0 Å². The first kappa shape index (κ1) is 18.6. The maximum atomic E-state index is 12.7. The van der Waals surface area contributed by atoms with E-state index >= 15 is 0 Å². The smallest absolute Gasteiger partial charge is 0.323 e. The summed E-state index contributed by atoms with van der Waals surface area (Å²) >= 11 is 0. The summed E-state index contributed by atoms with van der Waals surface area (Å²) in [5.41, 5.74) is -0.676. The molecule has 7 heteroatoms. The summed E-state index contributed by atoms with van der Waals surface area (Å²) in [5.74, 6) is -1.83. The van der Waals surface area contributed by atoms with Crippen LogP contribution in [0.25, 0.3) is 0 Å². The van der Waals surface area contributed by atoms with Gasteiger partial charge in [0.2, 0.25) is 0 Å². The average Bonchev–Trinajstić information content (AvgIpc) is 2.60. The van der Waals surface area contributed by atoms with E-state index < -0.39 is 28.2 Å². The van der Waals surface area contributed by atoms with E-state index in [4.69, 9.17) is 9.47 Å². The lowest BCUT2D eigenvalue weighted by Crippen LogP contribution is -2.47. The normalized spacial score (nSPS) is 17.9. The highest BCUT2D eigenvalue weighted by Crippen LogP contribution is 2.47. The molecule has 0 bridgehead atoms. The number of rotatable bonds is 6. The summed E-state index contributed by atoms with van der Waals surface area (Å²) in [6.07, 6.45) is 1.58. The summed E-state index contributed by atoms with van der Waals surface area (Å²) in [7, 11) is 0. The molecule has 1 aromatic rings. The number of fused-ring (bicyclic) bond motifs is 1. The van der Waals surface area contributed by atoms with Gasteiger partial charge in [-0.25, -0.2) is 0 Å². The Balaban J connectivity index is 2.64. The molecule has 7 nitrogen and oxygen atoms in total. The molecule has 0 aliphatic heterocycles. The van der Waals surface area contributed by atoms with Gasteiger partial charge in [-0.1, -0.05) is 18.2 Å². The number of carbonyl (C=O) groups is 2. The monoisotopic (exact) mass is 347 g/mol. The zero-order chi connectivity index (χ0) is 18.6. The number of esters is 2. The largest absolute Gasteiger partial charge is 0.465 e. The minimum absolute atomic E-state index is 0.0997. The predicted molar refractivity (Wildman–Crippen MR) is 90.1 cm³/mol. The zero-order valence-electron chi connectivity index (χ0n) is 14.3. The average molecular weight is 347 g/mol. The van der Waals surface area contributed by atoms with Crippen LogP contribution in [0.3, 0.4) is 0 Å². The molecule has 25 heavy (non-hydrogen) atoms. The molecule has 0 spiro atoms. The van der Waals surface area contributed by atoms with Crippen molar-refractivity contribution in [2.75, 3.05) is 13.2 Å². The number of carbonyl (C=O) groups excluding carboxylic acids is 2. The summed E-state index contributed by atoms with van der Waals surface area (Å²) in [4.78, 5) is 36.2. The molecule has 0 heterocycles. The molecular weight excluding hydrogens is 326 g/mol. The molecule has 1 aliphatic rings. The van der Waals surface area contributed by atoms with Crippen molar-refractivity contribution in [3.05, 3.63) is 52.1 Å². The quantitative estimate of drug-likeness (QED) is 0.258. The molecule has 134 valence electrons. The lowest BCUT2D eigenvalue weighted by molar-refractivity contribution is -0.385. The van der Waals surface area contributed by atoms with Gasteiger partial charge in [-0.3, -0.25) is 19.7 Å². The third kappa shape index (κ3) is 3.26. The van der Waals surface area contributed by atoms with Crippen LogP contribution in [-0.2, 0) is 25.5 Å². The summed E-state index contributed by atoms with van der Waals surface area (Å²) < 4.78 is 10.2. The summed E-state index contributed by atoms with van der Waals surface area (Å²) in [6.45, 7) is 7.24. The van der Waals surface area contributed by atoms with Crippen molar-refractivity contribution < 1.29 is 24.0 Å². The second kappa shape index (κ2) is 7.46. The number of nitro groups is 1. The number of hydrogen-bond donors (Lipinski definition) is 0. The van der Waals surface area contributed by atoms with Gasteiger partial charge in [-0.2, -0.15) is 0 Å². The third-order valence-corrected chi connectivity index (χ3v) is 4.45. The highest BCUT2D eigenvalue weighted by atomic mass is 16.6. The Bertz CT molecular complexity index is 694. The van der Waals surface area contributed by atoms with Gasteiger partial charge in [0.05, 0.1) is 18.1 Å². The van der Waals surface area contributed by atoms with E-state index in [0.717, 1.165) is 0 Å². The SMILES string of the molecule is C=CC1CC(C(=O)OCC)(C(=O)OCC)Cc2c1cccc2[N+](=O)[O-]. The second-order valence-electron chi connectivity index (χ2n) is 5.85. The van der Waals surface area contributed by atoms with Crippen LogP contribution in [-0.4, -0.2) is 30.1 Å². The molecule has 1 atom stereocenters. The van der Waals surface area contributed by atoms with Gasteiger partial charge in [0.15, 0.2) is 5.41 Å².